The summed E-state index contributed by atoms with van der Waals surface area (Å²) in [6.45, 7) is 6.22. The summed E-state index contributed by atoms with van der Waals surface area (Å²) in [5.74, 6) is 1.76. The number of piperidine rings is 1. The van der Waals surface area contributed by atoms with Crippen molar-refractivity contribution >= 4 is 24.0 Å². The molecule has 2 saturated heterocycles. The summed E-state index contributed by atoms with van der Waals surface area (Å²) >= 11 is 5.40. The lowest BCUT2D eigenvalue weighted by atomic mass is 9.94. The molecular formula is C19H29N5O2S. The summed E-state index contributed by atoms with van der Waals surface area (Å²) in [5, 5.41) is 7.45. The van der Waals surface area contributed by atoms with E-state index in [4.69, 9.17) is 12.2 Å². The lowest BCUT2D eigenvalue weighted by Crippen LogP contribution is -2.53. The van der Waals surface area contributed by atoms with Gasteiger partial charge in [-0.05, 0) is 50.2 Å². The van der Waals surface area contributed by atoms with Crippen molar-refractivity contribution < 1.29 is 9.59 Å². The first-order chi connectivity index (χ1) is 13.0. The Labute approximate surface area is 165 Å². The number of hydrogen-bond donors (Lipinski definition) is 1. The number of amides is 2. The smallest absolute Gasteiger partial charge is 0.245 e. The van der Waals surface area contributed by atoms with Gasteiger partial charge in [-0.25, -0.2) is 0 Å². The molecule has 1 unspecified atom stereocenters. The summed E-state index contributed by atoms with van der Waals surface area (Å²) in [6.07, 6.45) is 5.59. The van der Waals surface area contributed by atoms with Gasteiger partial charge in [-0.1, -0.05) is 13.8 Å². The molecule has 27 heavy (non-hydrogen) atoms. The highest BCUT2D eigenvalue weighted by Gasteiger charge is 2.39. The van der Waals surface area contributed by atoms with Gasteiger partial charge in [0.1, 0.15) is 11.9 Å². The summed E-state index contributed by atoms with van der Waals surface area (Å²) < 4.78 is 2.91. The molecule has 0 spiro atoms. The van der Waals surface area contributed by atoms with Crippen LogP contribution in [0.25, 0.3) is 0 Å². The van der Waals surface area contributed by atoms with E-state index in [0.29, 0.717) is 24.9 Å². The standard InChI is InChI=1S/C19H29N5O2S/c1-12(2)16(23-9-3-4-15(23)25)18(26)22-10-7-13(8-11-22)17-20-21-19(27)24(17)14-5-6-14/h12-14,16H,3-11H2,1-2H3,(H,21,27). The van der Waals surface area contributed by atoms with Crippen molar-refractivity contribution in [2.45, 2.75) is 70.4 Å². The van der Waals surface area contributed by atoms with Gasteiger partial charge in [0.15, 0.2) is 4.77 Å². The van der Waals surface area contributed by atoms with E-state index < -0.39 is 0 Å². The summed E-state index contributed by atoms with van der Waals surface area (Å²) in [6, 6.07) is 0.190. The van der Waals surface area contributed by atoms with Gasteiger partial charge in [0.2, 0.25) is 11.8 Å². The zero-order valence-electron chi connectivity index (χ0n) is 16.2. The van der Waals surface area contributed by atoms with E-state index in [1.807, 2.05) is 18.7 Å². The molecular weight excluding hydrogens is 362 g/mol. The topological polar surface area (TPSA) is 74.2 Å². The quantitative estimate of drug-likeness (QED) is 0.783. The number of rotatable bonds is 5. The van der Waals surface area contributed by atoms with Crippen LogP contribution in [0.2, 0.25) is 0 Å². The van der Waals surface area contributed by atoms with Crippen LogP contribution in [0.5, 0.6) is 0 Å². The minimum absolute atomic E-state index is 0.111. The molecule has 1 aromatic rings. The van der Waals surface area contributed by atoms with Crippen LogP contribution in [-0.2, 0) is 9.59 Å². The van der Waals surface area contributed by atoms with Crippen LogP contribution >= 0.6 is 12.2 Å². The number of hydrogen-bond acceptors (Lipinski definition) is 4. The van der Waals surface area contributed by atoms with E-state index in [1.165, 1.54) is 12.8 Å². The van der Waals surface area contributed by atoms with E-state index in [0.717, 1.165) is 42.9 Å². The molecule has 1 saturated carbocycles. The number of aromatic amines is 1. The van der Waals surface area contributed by atoms with Crippen LogP contribution < -0.4 is 0 Å². The zero-order valence-corrected chi connectivity index (χ0v) is 17.0. The number of nitrogens with one attached hydrogen (secondary N) is 1. The highest BCUT2D eigenvalue weighted by molar-refractivity contribution is 7.71. The van der Waals surface area contributed by atoms with Crippen LogP contribution in [0.15, 0.2) is 0 Å². The molecule has 1 N–H and O–H groups in total. The molecule has 3 heterocycles. The van der Waals surface area contributed by atoms with E-state index in [-0.39, 0.29) is 23.8 Å². The van der Waals surface area contributed by atoms with Gasteiger partial charge in [-0.15, -0.1) is 0 Å². The maximum atomic E-state index is 13.2. The van der Waals surface area contributed by atoms with Crippen LogP contribution in [-0.4, -0.2) is 62.1 Å². The van der Waals surface area contributed by atoms with Gasteiger partial charge in [0.25, 0.3) is 0 Å². The fourth-order valence-corrected chi connectivity index (χ4v) is 4.87. The lowest BCUT2D eigenvalue weighted by Gasteiger charge is -2.38. The van der Waals surface area contributed by atoms with Gasteiger partial charge < -0.3 is 14.4 Å². The first-order valence-electron chi connectivity index (χ1n) is 10.2. The number of carbonyl (C=O) groups excluding carboxylic acids is 2. The Kier molecular flexibility index (Phi) is 5.09. The largest absolute Gasteiger partial charge is 0.341 e. The number of aromatic nitrogens is 3. The average molecular weight is 392 g/mol. The SMILES string of the molecule is CC(C)C(C(=O)N1CCC(c2n[nH]c(=S)n2C2CC2)CC1)N1CCCC1=O. The molecule has 4 rings (SSSR count). The van der Waals surface area contributed by atoms with E-state index in [9.17, 15) is 9.59 Å². The van der Waals surface area contributed by atoms with Gasteiger partial charge in [-0.3, -0.25) is 14.7 Å². The fraction of sp³-hybridized carbons (Fsp3) is 0.789. The Balaban J connectivity index is 1.43. The van der Waals surface area contributed by atoms with E-state index >= 15 is 0 Å². The zero-order chi connectivity index (χ0) is 19.1. The molecule has 8 heteroatoms. The van der Waals surface area contributed by atoms with Crippen molar-refractivity contribution in [1.29, 1.82) is 0 Å². The minimum atomic E-state index is -0.322. The summed E-state index contributed by atoms with van der Waals surface area (Å²) in [7, 11) is 0. The first kappa shape index (κ1) is 18.7. The Bertz CT molecular complexity index is 773. The second kappa shape index (κ2) is 7.37. The Hall–Kier alpha value is -1.70. The maximum Gasteiger partial charge on any atom is 0.245 e. The third kappa shape index (κ3) is 3.56. The fourth-order valence-electron chi connectivity index (χ4n) is 4.58. The van der Waals surface area contributed by atoms with Gasteiger partial charge >= 0.3 is 0 Å². The molecule has 3 aliphatic rings. The molecule has 2 amide bonds. The molecule has 1 aliphatic carbocycles. The van der Waals surface area contributed by atoms with Crippen molar-refractivity contribution in [1.82, 2.24) is 24.6 Å². The number of H-pyrrole nitrogens is 1. The Morgan fingerprint density at radius 2 is 1.89 bits per heavy atom. The monoisotopic (exact) mass is 391 g/mol. The Morgan fingerprint density at radius 1 is 1.19 bits per heavy atom. The number of carbonyl (C=O) groups is 2. The molecule has 1 atom stereocenters. The average Bonchev–Trinajstić information content (AvgIpc) is 3.29. The van der Waals surface area contributed by atoms with Crippen molar-refractivity contribution in [2.24, 2.45) is 5.92 Å². The first-order valence-corrected chi connectivity index (χ1v) is 10.6. The summed E-state index contributed by atoms with van der Waals surface area (Å²) in [4.78, 5) is 29.1. The van der Waals surface area contributed by atoms with Crippen LogP contribution in [0.3, 0.4) is 0 Å². The molecule has 0 radical (unpaired) electrons. The third-order valence-corrected chi connectivity index (χ3v) is 6.43. The maximum absolute atomic E-state index is 13.2. The van der Waals surface area contributed by atoms with Crippen molar-refractivity contribution in [2.75, 3.05) is 19.6 Å². The highest BCUT2D eigenvalue weighted by atomic mass is 32.1. The summed E-state index contributed by atoms with van der Waals surface area (Å²) in [5.41, 5.74) is 0. The van der Waals surface area contributed by atoms with E-state index in [2.05, 4.69) is 14.8 Å². The van der Waals surface area contributed by atoms with Crippen LogP contribution in [0.4, 0.5) is 0 Å². The molecule has 1 aromatic heterocycles. The Morgan fingerprint density at radius 3 is 2.44 bits per heavy atom. The molecule has 2 aliphatic heterocycles. The molecule has 148 valence electrons. The molecule has 0 bridgehead atoms. The van der Waals surface area contributed by atoms with Crippen LogP contribution in [0, 0.1) is 10.7 Å². The third-order valence-electron chi connectivity index (χ3n) is 6.15. The van der Waals surface area contributed by atoms with Gasteiger partial charge in [-0.2, -0.15) is 5.10 Å². The minimum Gasteiger partial charge on any atom is -0.341 e. The lowest BCUT2D eigenvalue weighted by molar-refractivity contribution is -0.146. The van der Waals surface area contributed by atoms with Gasteiger partial charge in [0, 0.05) is 38.0 Å². The number of likely N-dealkylation sites (tertiary alicyclic amines) is 2. The van der Waals surface area contributed by atoms with Crippen molar-refractivity contribution in [3.8, 4) is 0 Å². The van der Waals surface area contributed by atoms with E-state index in [1.54, 1.807) is 4.90 Å². The second-order valence-corrected chi connectivity index (χ2v) is 8.85. The molecule has 7 nitrogen and oxygen atoms in total. The highest BCUT2D eigenvalue weighted by Crippen LogP contribution is 2.39. The normalized spacial score (nSPS) is 22.7. The van der Waals surface area contributed by atoms with Crippen molar-refractivity contribution in [3.05, 3.63) is 10.6 Å². The number of nitrogens with zero attached hydrogens (tertiary/aromatic N) is 4. The molecule has 3 fully saturated rings. The van der Waals surface area contributed by atoms with Gasteiger partial charge in [0.05, 0.1) is 0 Å². The van der Waals surface area contributed by atoms with Crippen LogP contribution in [0.1, 0.15) is 70.2 Å². The molecule has 0 aromatic carbocycles. The predicted octanol–water partition coefficient (Wildman–Crippen LogP) is 2.63. The predicted molar refractivity (Wildman–Crippen MR) is 104 cm³/mol. The van der Waals surface area contributed by atoms with Crippen molar-refractivity contribution in [3.63, 3.8) is 0 Å². The second-order valence-electron chi connectivity index (χ2n) is 8.47.